The number of hydrogen-bond acceptors (Lipinski definition) is 2. The molecule has 0 saturated carbocycles. The highest BCUT2D eigenvalue weighted by molar-refractivity contribution is 6.11. The van der Waals surface area contributed by atoms with Crippen LogP contribution in [0.25, 0.3) is 0 Å². The molecule has 0 unspecified atom stereocenters. The first-order chi connectivity index (χ1) is 5.57. The molecule has 0 aromatic heterocycles. The maximum absolute atomic E-state index is 9.04. The molecule has 1 heterocycles. The molecule has 0 aromatic rings. The summed E-state index contributed by atoms with van der Waals surface area (Å²) in [5.41, 5.74) is 0. The first-order valence-electron chi connectivity index (χ1n) is 4.59. The molecule has 68 valence electrons. The van der Waals surface area contributed by atoms with Crippen LogP contribution in [0.15, 0.2) is 0 Å². The Balaban J connectivity index is 2.66. The van der Waals surface area contributed by atoms with Crippen molar-refractivity contribution in [3.63, 3.8) is 0 Å². The molecule has 1 aliphatic heterocycles. The Morgan fingerprint density at radius 1 is 1.50 bits per heavy atom. The average molecular weight is 168 g/mol. The Morgan fingerprint density at radius 2 is 2.08 bits per heavy atom. The predicted octanol–water partition coefficient (Wildman–Crippen LogP) is 0.780. The minimum Gasteiger partial charge on any atom is -0.394 e. The summed E-state index contributed by atoms with van der Waals surface area (Å²) >= 11 is 0. The van der Waals surface area contributed by atoms with Crippen molar-refractivity contribution < 1.29 is 9.84 Å². The topological polar surface area (TPSA) is 29.5 Å². The maximum atomic E-state index is 9.04. The van der Waals surface area contributed by atoms with Gasteiger partial charge in [0.1, 0.15) is 7.85 Å². The summed E-state index contributed by atoms with van der Waals surface area (Å²) < 4.78 is 5.42. The van der Waals surface area contributed by atoms with E-state index in [0.717, 1.165) is 0 Å². The van der Waals surface area contributed by atoms with Crippen LogP contribution in [0.4, 0.5) is 0 Å². The van der Waals surface area contributed by atoms with Gasteiger partial charge >= 0.3 is 0 Å². The monoisotopic (exact) mass is 168 g/mol. The number of ether oxygens (including phenoxy) is 1. The van der Waals surface area contributed by atoms with Gasteiger partial charge in [-0.2, -0.15) is 0 Å². The second-order valence-corrected chi connectivity index (χ2v) is 4.00. The van der Waals surface area contributed by atoms with Crippen molar-refractivity contribution in [2.45, 2.75) is 32.9 Å². The summed E-state index contributed by atoms with van der Waals surface area (Å²) in [5.74, 6) is 1.26. The lowest BCUT2D eigenvalue weighted by atomic mass is 9.76. The highest BCUT2D eigenvalue weighted by Crippen LogP contribution is 2.35. The van der Waals surface area contributed by atoms with Crippen molar-refractivity contribution >= 4 is 7.85 Å². The van der Waals surface area contributed by atoms with Gasteiger partial charge in [0.15, 0.2) is 0 Å². The zero-order valence-corrected chi connectivity index (χ0v) is 8.03. The van der Waals surface area contributed by atoms with Gasteiger partial charge in [-0.05, 0) is 17.8 Å². The van der Waals surface area contributed by atoms with E-state index in [1.54, 1.807) is 0 Å². The van der Waals surface area contributed by atoms with E-state index in [-0.39, 0.29) is 18.7 Å². The molecule has 3 heteroatoms. The van der Waals surface area contributed by atoms with Crippen LogP contribution in [-0.4, -0.2) is 31.7 Å². The molecule has 1 N–H and O–H groups in total. The Hall–Kier alpha value is -0.0151. The SMILES string of the molecule is [B][C@@H]1O[C@H](CO)[C@@H](C(C)C)[C@H]1C. The van der Waals surface area contributed by atoms with Crippen LogP contribution >= 0.6 is 0 Å². The largest absolute Gasteiger partial charge is 0.394 e. The fraction of sp³-hybridized carbons (Fsp3) is 1.00. The fourth-order valence-corrected chi connectivity index (χ4v) is 2.18. The van der Waals surface area contributed by atoms with Crippen molar-refractivity contribution in [1.29, 1.82) is 0 Å². The van der Waals surface area contributed by atoms with E-state index in [2.05, 4.69) is 20.8 Å². The van der Waals surface area contributed by atoms with E-state index >= 15 is 0 Å². The van der Waals surface area contributed by atoms with Crippen molar-refractivity contribution in [3.8, 4) is 0 Å². The third-order valence-corrected chi connectivity index (χ3v) is 2.84. The molecule has 12 heavy (non-hydrogen) atoms. The molecule has 1 rings (SSSR count). The molecule has 4 atom stereocenters. The lowest BCUT2D eigenvalue weighted by Crippen LogP contribution is -2.27. The van der Waals surface area contributed by atoms with Gasteiger partial charge in [-0.15, -0.1) is 0 Å². The molecular weight excluding hydrogens is 151 g/mol. The molecule has 1 fully saturated rings. The van der Waals surface area contributed by atoms with Crippen LogP contribution in [0.2, 0.25) is 0 Å². The molecule has 2 radical (unpaired) electrons. The van der Waals surface area contributed by atoms with Crippen molar-refractivity contribution in [2.24, 2.45) is 17.8 Å². The van der Waals surface area contributed by atoms with Gasteiger partial charge in [0, 0.05) is 6.00 Å². The van der Waals surface area contributed by atoms with Crippen LogP contribution in [0.1, 0.15) is 20.8 Å². The summed E-state index contributed by atoms with van der Waals surface area (Å²) in [5, 5.41) is 9.04. The van der Waals surface area contributed by atoms with Gasteiger partial charge in [0.05, 0.1) is 12.7 Å². The quantitative estimate of drug-likeness (QED) is 0.617. The molecule has 0 spiro atoms. The molecule has 0 amide bonds. The minimum absolute atomic E-state index is 0.0602. The average Bonchev–Trinajstić information content (AvgIpc) is 2.28. The Bertz CT molecular complexity index is 149. The van der Waals surface area contributed by atoms with Crippen LogP contribution in [0.5, 0.6) is 0 Å². The second-order valence-electron chi connectivity index (χ2n) is 4.00. The van der Waals surface area contributed by atoms with E-state index in [4.69, 9.17) is 17.7 Å². The van der Waals surface area contributed by atoms with E-state index in [1.165, 1.54) is 0 Å². The van der Waals surface area contributed by atoms with Crippen LogP contribution in [0, 0.1) is 17.8 Å². The summed E-state index contributed by atoms with van der Waals surface area (Å²) in [6.07, 6.45) is -0.0602. The number of rotatable bonds is 2. The lowest BCUT2D eigenvalue weighted by Gasteiger charge is -2.23. The fourth-order valence-electron chi connectivity index (χ4n) is 2.18. The number of aliphatic hydroxyl groups is 1. The molecule has 2 nitrogen and oxygen atoms in total. The number of hydrogen-bond donors (Lipinski definition) is 1. The lowest BCUT2D eigenvalue weighted by molar-refractivity contribution is 0.0187. The second kappa shape index (κ2) is 3.80. The summed E-state index contributed by atoms with van der Waals surface area (Å²) in [6, 6.07) is -0.199. The third kappa shape index (κ3) is 1.67. The van der Waals surface area contributed by atoms with Crippen molar-refractivity contribution in [2.75, 3.05) is 6.61 Å². The van der Waals surface area contributed by atoms with Crippen LogP contribution < -0.4 is 0 Å². The van der Waals surface area contributed by atoms with Crippen molar-refractivity contribution in [3.05, 3.63) is 0 Å². The van der Waals surface area contributed by atoms with E-state index < -0.39 is 0 Å². The summed E-state index contributed by atoms with van der Waals surface area (Å²) in [4.78, 5) is 0. The highest BCUT2D eigenvalue weighted by Gasteiger charge is 2.39. The van der Waals surface area contributed by atoms with Gasteiger partial charge in [-0.3, -0.25) is 0 Å². The van der Waals surface area contributed by atoms with E-state index in [0.29, 0.717) is 17.8 Å². The van der Waals surface area contributed by atoms with Crippen LogP contribution in [0.3, 0.4) is 0 Å². The normalized spacial score (nSPS) is 42.4. The maximum Gasteiger partial charge on any atom is 0.109 e. The van der Waals surface area contributed by atoms with Crippen LogP contribution in [-0.2, 0) is 4.74 Å². The van der Waals surface area contributed by atoms with Gasteiger partial charge in [0.25, 0.3) is 0 Å². The predicted molar refractivity (Wildman–Crippen MR) is 49.0 cm³/mol. The molecule has 0 bridgehead atoms. The van der Waals surface area contributed by atoms with Gasteiger partial charge < -0.3 is 9.84 Å². The Labute approximate surface area is 75.7 Å². The standard InChI is InChI=1S/C9H17BO2/c1-5(2)8-6(3)9(10)12-7(8)4-11/h5-9,11H,4H2,1-3H3/t6-,7-,8+,9-/m1/s1. The van der Waals surface area contributed by atoms with Gasteiger partial charge in [-0.1, -0.05) is 20.8 Å². The molecule has 1 aliphatic rings. The molecule has 0 aliphatic carbocycles. The third-order valence-electron chi connectivity index (χ3n) is 2.84. The first kappa shape index (κ1) is 10.1. The zero-order chi connectivity index (χ0) is 9.30. The number of aliphatic hydroxyl groups excluding tert-OH is 1. The van der Waals surface area contributed by atoms with E-state index in [9.17, 15) is 0 Å². The zero-order valence-electron chi connectivity index (χ0n) is 8.03. The van der Waals surface area contributed by atoms with Gasteiger partial charge in [0.2, 0.25) is 0 Å². The Kier molecular flexibility index (Phi) is 3.19. The smallest absolute Gasteiger partial charge is 0.109 e. The van der Waals surface area contributed by atoms with Crippen molar-refractivity contribution in [1.82, 2.24) is 0 Å². The Morgan fingerprint density at radius 3 is 2.42 bits per heavy atom. The van der Waals surface area contributed by atoms with Gasteiger partial charge in [-0.25, -0.2) is 0 Å². The van der Waals surface area contributed by atoms with E-state index in [1.807, 2.05) is 0 Å². The summed E-state index contributed by atoms with van der Waals surface area (Å²) in [6.45, 7) is 6.46. The summed E-state index contributed by atoms with van der Waals surface area (Å²) in [7, 11) is 5.74. The first-order valence-corrected chi connectivity index (χ1v) is 4.59. The molecular formula is C9H17BO2. The highest BCUT2D eigenvalue weighted by atomic mass is 16.5. The molecule has 1 saturated heterocycles. The minimum atomic E-state index is -0.199. The molecule has 0 aromatic carbocycles.